The summed E-state index contributed by atoms with van der Waals surface area (Å²) < 4.78 is 7.34. The number of amides is 1. The lowest BCUT2D eigenvalue weighted by molar-refractivity contribution is -0.154. The van der Waals surface area contributed by atoms with Gasteiger partial charge in [-0.05, 0) is 78.4 Å². The van der Waals surface area contributed by atoms with E-state index in [1.54, 1.807) is 23.9 Å². The van der Waals surface area contributed by atoms with Crippen molar-refractivity contribution in [2.45, 2.75) is 49.1 Å². The molecule has 1 amide bonds. The number of phenolic OH excluding ortho intramolecular Hbond substituents is 1. The number of aromatic hydroxyl groups is 1. The minimum absolute atomic E-state index is 0.0675. The zero-order valence-corrected chi connectivity index (χ0v) is 26.2. The third-order valence-corrected chi connectivity index (χ3v) is 10.5. The molecule has 5 aromatic rings. The summed E-state index contributed by atoms with van der Waals surface area (Å²) in [7, 11) is 1.68. The van der Waals surface area contributed by atoms with Crippen molar-refractivity contribution in [3.63, 3.8) is 0 Å². The van der Waals surface area contributed by atoms with E-state index < -0.39 is 6.04 Å². The molecular weight excluding hydrogens is 584 g/mol. The predicted octanol–water partition coefficient (Wildman–Crippen LogP) is 6.08. The number of benzene rings is 4. The summed E-state index contributed by atoms with van der Waals surface area (Å²) in [5.74, 6) is 1.71. The van der Waals surface area contributed by atoms with E-state index in [1.165, 1.54) is 0 Å². The first-order valence-corrected chi connectivity index (χ1v) is 15.9. The zero-order chi connectivity index (χ0) is 31.2. The Morgan fingerprint density at radius 1 is 0.889 bits per heavy atom. The molecule has 2 unspecified atom stereocenters. The average molecular weight is 620 g/mol. The van der Waals surface area contributed by atoms with Gasteiger partial charge in [0.05, 0.1) is 13.7 Å². The number of fused-ring (bicyclic) bond motifs is 1. The Balaban J connectivity index is 1.32. The highest BCUT2D eigenvalue weighted by Gasteiger charge is 2.70. The van der Waals surface area contributed by atoms with Crippen LogP contribution in [-0.4, -0.2) is 59.4 Å². The number of β-lactam (4-membered cyclic amide) rings is 1. The minimum atomic E-state index is -0.392. The van der Waals surface area contributed by atoms with E-state index in [1.807, 2.05) is 77.3 Å². The van der Waals surface area contributed by atoms with E-state index in [0.717, 1.165) is 28.3 Å². The van der Waals surface area contributed by atoms with Gasteiger partial charge < -0.3 is 14.7 Å². The summed E-state index contributed by atoms with van der Waals surface area (Å²) in [5, 5.41) is 22.5. The fourth-order valence-electron chi connectivity index (χ4n) is 6.91. The summed E-state index contributed by atoms with van der Waals surface area (Å²) in [6.45, 7) is 5.34. The van der Waals surface area contributed by atoms with Gasteiger partial charge in [-0.1, -0.05) is 60.7 Å². The molecular formula is C35H35N6O3S+. The molecule has 0 aliphatic carbocycles. The molecule has 2 fully saturated rings. The third kappa shape index (κ3) is 4.94. The Kier molecular flexibility index (Phi) is 7.33. The van der Waals surface area contributed by atoms with E-state index in [0.29, 0.717) is 23.4 Å². The summed E-state index contributed by atoms with van der Waals surface area (Å²) in [5.41, 5.74) is 4.12. The molecule has 0 spiro atoms. The van der Waals surface area contributed by atoms with Crippen LogP contribution < -0.4 is 9.22 Å². The number of nitrogens with zero attached hydrogens (tertiary/aromatic N) is 6. The van der Waals surface area contributed by atoms with Crippen molar-refractivity contribution in [1.82, 2.24) is 29.6 Å². The first-order valence-electron chi connectivity index (χ1n) is 15.0. The average Bonchev–Trinajstić information content (AvgIpc) is 3.61. The standard InChI is InChI=1S/C35H34N6O3S/c1-35(2)31(32-36-37-38-39(32)22-24-17-19-28(42)20-18-24)40-33(43)30(34(40)45-35)41(26-12-6-4-7-13-26,27-14-8-5-9-15-27)23-25-11-10-16-29(21-25)44-3/h4-21,30-31,34H,22-23H2,1-3H3/p+1/t30?,31?,34-/m0/s1. The fraction of sp³-hybridized carbons (Fsp3) is 0.257. The van der Waals surface area contributed by atoms with E-state index in [9.17, 15) is 9.90 Å². The maximum absolute atomic E-state index is 14.8. The van der Waals surface area contributed by atoms with Crippen LogP contribution in [0.3, 0.4) is 0 Å². The first-order chi connectivity index (χ1) is 21.8. The Bertz CT molecular complexity index is 1770. The van der Waals surface area contributed by atoms with Crippen LogP contribution in [0.25, 0.3) is 0 Å². The monoisotopic (exact) mass is 619 g/mol. The molecule has 45 heavy (non-hydrogen) atoms. The molecule has 3 atom stereocenters. The second kappa shape index (κ2) is 11.4. The van der Waals surface area contributed by atoms with Crippen molar-refractivity contribution in [2.75, 3.05) is 7.11 Å². The van der Waals surface area contributed by atoms with E-state index in [-0.39, 0.29) is 27.8 Å². The number of hydrogen-bond acceptors (Lipinski definition) is 7. The number of hydrogen-bond donors (Lipinski definition) is 1. The lowest BCUT2D eigenvalue weighted by Gasteiger charge is -2.53. The Morgan fingerprint density at radius 3 is 2.20 bits per heavy atom. The van der Waals surface area contributed by atoms with Crippen LogP contribution in [0.1, 0.15) is 36.8 Å². The maximum Gasteiger partial charge on any atom is 0.286 e. The molecule has 2 aliphatic rings. The molecule has 10 heteroatoms. The van der Waals surface area contributed by atoms with Gasteiger partial charge in [0, 0.05) is 10.3 Å². The molecule has 7 rings (SSSR count). The van der Waals surface area contributed by atoms with Crippen LogP contribution in [0, 0.1) is 0 Å². The number of aromatic nitrogens is 4. The number of methoxy groups -OCH3 is 1. The quantitative estimate of drug-likeness (QED) is 0.158. The number of carbonyl (C=O) groups is 1. The molecule has 2 saturated heterocycles. The van der Waals surface area contributed by atoms with Crippen LogP contribution in [0.5, 0.6) is 11.5 Å². The van der Waals surface area contributed by atoms with Gasteiger partial charge in [-0.3, -0.25) is 4.79 Å². The molecule has 9 nitrogen and oxygen atoms in total. The van der Waals surface area contributed by atoms with Gasteiger partial charge in [-0.2, -0.15) is 0 Å². The van der Waals surface area contributed by atoms with Gasteiger partial charge >= 0.3 is 0 Å². The van der Waals surface area contributed by atoms with E-state index >= 15 is 0 Å². The first kappa shape index (κ1) is 29.1. The summed E-state index contributed by atoms with van der Waals surface area (Å²) in [6, 6.07) is 35.1. The number of ether oxygens (including phenoxy) is 1. The lowest BCUT2D eigenvalue weighted by atomic mass is 9.91. The minimum Gasteiger partial charge on any atom is -0.508 e. The SMILES string of the molecule is COc1cccc(C[N+](c2ccccc2)(c2ccccc2)C2C(=O)N3C(c4nnnn4Cc4ccc(O)cc4)C(C)(C)S[C@@H]23)c1. The maximum atomic E-state index is 14.8. The van der Waals surface area contributed by atoms with Crippen LogP contribution in [0.15, 0.2) is 109 Å². The van der Waals surface area contributed by atoms with Crippen molar-refractivity contribution in [3.8, 4) is 11.5 Å². The number of thioether (sulfide) groups is 1. The van der Waals surface area contributed by atoms with Crippen LogP contribution in [-0.2, 0) is 17.9 Å². The lowest BCUT2D eigenvalue weighted by Crippen LogP contribution is -2.74. The van der Waals surface area contributed by atoms with Crippen LogP contribution in [0.2, 0.25) is 0 Å². The van der Waals surface area contributed by atoms with E-state index in [2.05, 4.69) is 65.8 Å². The van der Waals surface area contributed by atoms with Crippen molar-refractivity contribution in [1.29, 1.82) is 0 Å². The fourth-order valence-corrected chi connectivity index (χ4v) is 8.67. The highest BCUT2D eigenvalue weighted by molar-refractivity contribution is 8.01. The van der Waals surface area contributed by atoms with Crippen molar-refractivity contribution < 1.29 is 14.6 Å². The molecule has 0 saturated carbocycles. The Labute approximate surface area is 266 Å². The molecule has 1 aromatic heterocycles. The number of para-hydroxylation sites is 2. The second-order valence-electron chi connectivity index (χ2n) is 12.1. The largest absolute Gasteiger partial charge is 0.508 e. The topological polar surface area (TPSA) is 93.4 Å². The second-order valence-corrected chi connectivity index (χ2v) is 13.9. The smallest absolute Gasteiger partial charge is 0.286 e. The van der Waals surface area contributed by atoms with Gasteiger partial charge in [-0.15, -0.1) is 16.9 Å². The number of carbonyl (C=O) groups excluding carboxylic acids is 1. The van der Waals surface area contributed by atoms with Crippen molar-refractivity contribution in [2.24, 2.45) is 0 Å². The molecule has 1 N–H and O–H groups in total. The Morgan fingerprint density at radius 2 is 1.56 bits per heavy atom. The number of tetrazole rings is 1. The summed E-state index contributed by atoms with van der Waals surface area (Å²) in [4.78, 5) is 16.8. The van der Waals surface area contributed by atoms with Gasteiger partial charge in [-0.25, -0.2) is 9.16 Å². The molecule has 228 valence electrons. The Hall–Kier alpha value is -4.67. The van der Waals surface area contributed by atoms with Gasteiger partial charge in [0.25, 0.3) is 5.91 Å². The predicted molar refractivity (Wildman–Crippen MR) is 175 cm³/mol. The number of quaternary nitrogens is 1. The highest BCUT2D eigenvalue weighted by Crippen LogP contribution is 2.61. The molecule has 0 radical (unpaired) electrons. The summed E-state index contributed by atoms with van der Waals surface area (Å²) >= 11 is 1.81. The van der Waals surface area contributed by atoms with Crippen molar-refractivity contribution >= 4 is 29.0 Å². The third-order valence-electron chi connectivity index (χ3n) is 8.96. The van der Waals surface area contributed by atoms with Crippen molar-refractivity contribution in [3.05, 3.63) is 126 Å². The zero-order valence-electron chi connectivity index (χ0n) is 25.4. The number of rotatable bonds is 9. The molecule has 3 heterocycles. The molecule has 2 aliphatic heterocycles. The van der Waals surface area contributed by atoms with E-state index in [4.69, 9.17) is 4.74 Å². The summed E-state index contributed by atoms with van der Waals surface area (Å²) in [6.07, 6.45) is 0. The molecule has 0 bridgehead atoms. The van der Waals surface area contributed by atoms with Crippen LogP contribution >= 0.6 is 11.8 Å². The van der Waals surface area contributed by atoms with Gasteiger partial charge in [0.2, 0.25) is 6.04 Å². The number of phenols is 1. The van der Waals surface area contributed by atoms with Gasteiger partial charge in [0.1, 0.15) is 40.8 Å². The molecule has 4 aromatic carbocycles. The normalized spacial score (nSPS) is 20.5. The van der Waals surface area contributed by atoms with Gasteiger partial charge in [0.15, 0.2) is 5.82 Å². The van der Waals surface area contributed by atoms with Crippen LogP contribution in [0.4, 0.5) is 11.4 Å². The highest BCUT2D eigenvalue weighted by atomic mass is 32.2.